The molecule has 0 fully saturated rings. The quantitative estimate of drug-likeness (QED) is 0.601. The Morgan fingerprint density at radius 2 is 2.31 bits per heavy atom. The molecule has 0 spiro atoms. The molecule has 1 aromatic rings. The first kappa shape index (κ1) is 12.1. The fourth-order valence-electron chi connectivity index (χ4n) is 1.07. The Morgan fingerprint density at radius 3 is 2.92 bits per heavy atom. The first-order chi connectivity index (χ1) is 5.86. The number of nitriles is 1. The topological polar surface area (TPSA) is 27.7 Å². The van der Waals surface area contributed by atoms with Gasteiger partial charge in [-0.1, -0.05) is 13.3 Å². The van der Waals surface area contributed by atoms with Gasteiger partial charge in [0.05, 0.1) is 0 Å². The summed E-state index contributed by atoms with van der Waals surface area (Å²) in [5, 5.41) is 8.62. The molecule has 0 saturated heterocycles. The average molecular weight is 241 g/mol. The van der Waals surface area contributed by atoms with Crippen molar-refractivity contribution in [2.24, 2.45) is 0 Å². The predicted molar refractivity (Wildman–Crippen MR) is 46.3 cm³/mol. The second-order valence-corrected chi connectivity index (χ2v) is 2.80. The molecule has 1 heterocycles. The third kappa shape index (κ3) is 4.05. The predicted octanol–water partition coefficient (Wildman–Crippen LogP) is -1.35. The number of unbranched alkanes of at least 4 members (excludes halogenated alkanes) is 1. The molecular formula is C10H13BrN2. The Hall–Kier alpha value is -0.880. The van der Waals surface area contributed by atoms with E-state index in [1.165, 1.54) is 12.8 Å². The summed E-state index contributed by atoms with van der Waals surface area (Å²) in [6.07, 6.45) is 6.23. The fraction of sp³-hybridized carbons (Fsp3) is 0.400. The van der Waals surface area contributed by atoms with Crippen molar-refractivity contribution < 1.29 is 21.5 Å². The van der Waals surface area contributed by atoms with Gasteiger partial charge in [-0.2, -0.15) is 5.26 Å². The van der Waals surface area contributed by atoms with Gasteiger partial charge in [-0.05, 0) is 6.07 Å². The molecule has 0 atom stereocenters. The highest BCUT2D eigenvalue weighted by Crippen LogP contribution is 1.92. The van der Waals surface area contributed by atoms with Gasteiger partial charge in [0, 0.05) is 12.5 Å². The molecule has 70 valence electrons. The van der Waals surface area contributed by atoms with Crippen molar-refractivity contribution in [2.45, 2.75) is 26.3 Å². The lowest BCUT2D eigenvalue weighted by Crippen LogP contribution is -3.00. The van der Waals surface area contributed by atoms with Gasteiger partial charge in [0.15, 0.2) is 12.4 Å². The van der Waals surface area contributed by atoms with Crippen LogP contribution in [0.3, 0.4) is 0 Å². The van der Waals surface area contributed by atoms with Crippen molar-refractivity contribution in [1.82, 2.24) is 0 Å². The number of halogens is 1. The molecule has 0 N–H and O–H groups in total. The standard InChI is InChI=1S/C10H13N2.BrH/c1-2-3-6-12-7-4-5-10(8-11)9-12;/h4-5,7,9H,2-3,6H2,1H3;1H/q+1;/p-1. The third-order valence-corrected chi connectivity index (χ3v) is 1.76. The summed E-state index contributed by atoms with van der Waals surface area (Å²) in [5.41, 5.74) is 0.730. The van der Waals surface area contributed by atoms with E-state index in [0.29, 0.717) is 0 Å². The van der Waals surface area contributed by atoms with Crippen LogP contribution in [0.4, 0.5) is 0 Å². The molecule has 3 heteroatoms. The zero-order chi connectivity index (χ0) is 8.81. The van der Waals surface area contributed by atoms with Crippen LogP contribution in [0.1, 0.15) is 25.3 Å². The second-order valence-electron chi connectivity index (χ2n) is 2.80. The molecule has 0 saturated carbocycles. The number of hydrogen-bond acceptors (Lipinski definition) is 1. The van der Waals surface area contributed by atoms with E-state index in [-0.39, 0.29) is 17.0 Å². The number of aromatic nitrogens is 1. The van der Waals surface area contributed by atoms with Crippen LogP contribution in [-0.4, -0.2) is 0 Å². The normalized spacial score (nSPS) is 8.62. The molecule has 0 amide bonds. The van der Waals surface area contributed by atoms with Crippen LogP contribution < -0.4 is 21.5 Å². The van der Waals surface area contributed by atoms with E-state index in [0.717, 1.165) is 12.1 Å². The third-order valence-electron chi connectivity index (χ3n) is 1.76. The Morgan fingerprint density at radius 1 is 1.54 bits per heavy atom. The summed E-state index contributed by atoms with van der Waals surface area (Å²) < 4.78 is 2.06. The molecule has 0 radical (unpaired) electrons. The molecule has 13 heavy (non-hydrogen) atoms. The summed E-state index contributed by atoms with van der Waals surface area (Å²) in [5.74, 6) is 0. The number of nitrogens with zero attached hydrogens (tertiary/aromatic N) is 2. The lowest BCUT2D eigenvalue weighted by atomic mass is 10.3. The molecule has 0 unspecified atom stereocenters. The lowest BCUT2D eigenvalue weighted by Gasteiger charge is -1.93. The van der Waals surface area contributed by atoms with Gasteiger partial charge in [0.1, 0.15) is 18.2 Å². The second kappa shape index (κ2) is 6.62. The molecule has 0 aliphatic heterocycles. The van der Waals surface area contributed by atoms with Crippen molar-refractivity contribution in [3.63, 3.8) is 0 Å². The lowest BCUT2D eigenvalue weighted by molar-refractivity contribution is -0.697. The summed E-state index contributed by atoms with van der Waals surface area (Å²) in [4.78, 5) is 0. The number of pyridine rings is 1. The van der Waals surface area contributed by atoms with Gasteiger partial charge in [-0.3, -0.25) is 0 Å². The Labute approximate surface area is 89.6 Å². The fourth-order valence-corrected chi connectivity index (χ4v) is 1.07. The van der Waals surface area contributed by atoms with Crippen molar-refractivity contribution in [1.29, 1.82) is 5.26 Å². The van der Waals surface area contributed by atoms with Crippen molar-refractivity contribution in [3.05, 3.63) is 30.1 Å². The molecule has 0 aliphatic rings. The van der Waals surface area contributed by atoms with E-state index < -0.39 is 0 Å². The molecule has 0 bridgehead atoms. The van der Waals surface area contributed by atoms with Gasteiger partial charge in [0.25, 0.3) is 0 Å². The number of aryl methyl sites for hydroxylation is 1. The van der Waals surface area contributed by atoms with Gasteiger partial charge in [0.2, 0.25) is 0 Å². The molecule has 0 aromatic carbocycles. The van der Waals surface area contributed by atoms with E-state index in [1.54, 1.807) is 0 Å². The first-order valence-corrected chi connectivity index (χ1v) is 4.26. The highest BCUT2D eigenvalue weighted by Gasteiger charge is 1.99. The van der Waals surface area contributed by atoms with Gasteiger partial charge in [-0.25, -0.2) is 4.57 Å². The van der Waals surface area contributed by atoms with Crippen molar-refractivity contribution in [3.8, 4) is 6.07 Å². The van der Waals surface area contributed by atoms with Crippen LogP contribution in [0.25, 0.3) is 0 Å². The van der Waals surface area contributed by atoms with Crippen LogP contribution in [-0.2, 0) is 6.54 Å². The zero-order valence-electron chi connectivity index (χ0n) is 7.70. The van der Waals surface area contributed by atoms with Crippen LogP contribution in [0, 0.1) is 11.3 Å². The SMILES string of the molecule is CCCC[n+]1cccc(C#N)c1.[Br-]. The molecule has 0 aliphatic carbocycles. The summed E-state index contributed by atoms with van der Waals surface area (Å²) >= 11 is 0. The number of hydrogen-bond donors (Lipinski definition) is 0. The minimum absolute atomic E-state index is 0. The highest BCUT2D eigenvalue weighted by molar-refractivity contribution is 5.21. The maximum absolute atomic E-state index is 8.62. The number of rotatable bonds is 3. The minimum atomic E-state index is 0. The zero-order valence-corrected chi connectivity index (χ0v) is 9.29. The van der Waals surface area contributed by atoms with Gasteiger partial charge < -0.3 is 17.0 Å². The summed E-state index contributed by atoms with van der Waals surface area (Å²) in [6, 6.07) is 5.86. The van der Waals surface area contributed by atoms with E-state index in [4.69, 9.17) is 5.26 Å². The van der Waals surface area contributed by atoms with Crippen LogP contribution in [0.2, 0.25) is 0 Å². The maximum Gasteiger partial charge on any atom is 0.186 e. The van der Waals surface area contributed by atoms with Crippen molar-refractivity contribution in [2.75, 3.05) is 0 Å². The minimum Gasteiger partial charge on any atom is -1.00 e. The molecule has 2 nitrogen and oxygen atoms in total. The van der Waals surface area contributed by atoms with E-state index >= 15 is 0 Å². The average Bonchev–Trinajstić information content (AvgIpc) is 2.15. The van der Waals surface area contributed by atoms with Crippen LogP contribution in [0.5, 0.6) is 0 Å². The van der Waals surface area contributed by atoms with E-state index in [1.807, 2.05) is 24.5 Å². The van der Waals surface area contributed by atoms with Gasteiger partial charge in [-0.15, -0.1) is 0 Å². The maximum atomic E-state index is 8.62. The Kier molecular flexibility index (Phi) is 6.17. The summed E-state index contributed by atoms with van der Waals surface area (Å²) in [7, 11) is 0. The Bertz CT molecular complexity index is 291. The Balaban J connectivity index is 0.00000144. The van der Waals surface area contributed by atoms with Gasteiger partial charge >= 0.3 is 0 Å². The van der Waals surface area contributed by atoms with E-state index in [9.17, 15) is 0 Å². The largest absolute Gasteiger partial charge is 1.00 e. The van der Waals surface area contributed by atoms with Crippen LogP contribution in [0.15, 0.2) is 24.5 Å². The molecular weight excluding hydrogens is 228 g/mol. The molecule has 1 rings (SSSR count). The van der Waals surface area contributed by atoms with Crippen LogP contribution >= 0.6 is 0 Å². The van der Waals surface area contributed by atoms with E-state index in [2.05, 4.69) is 17.6 Å². The summed E-state index contributed by atoms with van der Waals surface area (Å²) in [6.45, 7) is 3.17. The molecule has 1 aromatic heterocycles. The smallest absolute Gasteiger partial charge is 0.186 e. The first-order valence-electron chi connectivity index (χ1n) is 4.26. The van der Waals surface area contributed by atoms with Crippen molar-refractivity contribution >= 4 is 0 Å². The monoisotopic (exact) mass is 240 g/mol. The highest BCUT2D eigenvalue weighted by atomic mass is 79.9.